The predicted molar refractivity (Wildman–Crippen MR) is 89.0 cm³/mol. The van der Waals surface area contributed by atoms with Crippen LogP contribution in [-0.4, -0.2) is 29.0 Å². The lowest BCUT2D eigenvalue weighted by molar-refractivity contribution is 0.102. The van der Waals surface area contributed by atoms with Crippen molar-refractivity contribution in [1.29, 1.82) is 0 Å². The number of phenolic OH excluding ortho intramolecular Hbond substituents is 1. The van der Waals surface area contributed by atoms with Crippen LogP contribution in [0.3, 0.4) is 0 Å². The van der Waals surface area contributed by atoms with Crippen molar-refractivity contribution < 1.29 is 18.7 Å². The van der Waals surface area contributed by atoms with Crippen molar-refractivity contribution in [3.05, 3.63) is 59.2 Å². The van der Waals surface area contributed by atoms with Gasteiger partial charge < -0.3 is 10.4 Å². The minimum absolute atomic E-state index is 0.194. The molecule has 0 radical (unpaired) electrons. The fourth-order valence-corrected chi connectivity index (χ4v) is 2.36. The Kier molecular flexibility index (Phi) is 5.87. The van der Waals surface area contributed by atoms with Crippen LogP contribution in [0.5, 0.6) is 5.75 Å². The van der Waals surface area contributed by atoms with Gasteiger partial charge in [-0.25, -0.2) is 8.78 Å². The second-order valence-electron chi connectivity index (χ2n) is 5.36. The van der Waals surface area contributed by atoms with Crippen molar-refractivity contribution in [1.82, 2.24) is 4.90 Å². The van der Waals surface area contributed by atoms with Gasteiger partial charge in [0.15, 0.2) is 17.4 Å². The van der Waals surface area contributed by atoms with Crippen LogP contribution in [0.2, 0.25) is 0 Å². The summed E-state index contributed by atoms with van der Waals surface area (Å²) in [7, 11) is 0. The third-order valence-electron chi connectivity index (χ3n) is 3.83. The summed E-state index contributed by atoms with van der Waals surface area (Å²) in [5.41, 5.74) is 1.30. The van der Waals surface area contributed by atoms with Gasteiger partial charge in [0.25, 0.3) is 5.91 Å². The maximum atomic E-state index is 13.4. The molecule has 24 heavy (non-hydrogen) atoms. The maximum Gasteiger partial charge on any atom is 0.255 e. The predicted octanol–water partition coefficient (Wildman–Crippen LogP) is 3.76. The zero-order valence-corrected chi connectivity index (χ0v) is 13.6. The molecule has 2 aromatic rings. The highest BCUT2D eigenvalue weighted by atomic mass is 19.1. The summed E-state index contributed by atoms with van der Waals surface area (Å²) in [6, 6.07) is 8.89. The lowest BCUT2D eigenvalue weighted by Gasteiger charge is -2.20. The van der Waals surface area contributed by atoms with Gasteiger partial charge in [-0.2, -0.15) is 0 Å². The molecule has 1 amide bonds. The number of carbonyl (C=O) groups excluding carboxylic acids is 1. The Balaban J connectivity index is 2.23. The minimum Gasteiger partial charge on any atom is -0.503 e. The summed E-state index contributed by atoms with van der Waals surface area (Å²) in [6.07, 6.45) is 0. The van der Waals surface area contributed by atoms with E-state index in [2.05, 4.69) is 10.2 Å². The average Bonchev–Trinajstić information content (AvgIpc) is 2.58. The molecule has 4 nitrogen and oxygen atoms in total. The fourth-order valence-electron chi connectivity index (χ4n) is 2.36. The van der Waals surface area contributed by atoms with Crippen molar-refractivity contribution in [2.45, 2.75) is 20.4 Å². The van der Waals surface area contributed by atoms with Crippen LogP contribution in [0, 0.1) is 11.6 Å². The Labute approximate surface area is 139 Å². The molecule has 0 unspecified atom stereocenters. The molecule has 0 atom stereocenters. The van der Waals surface area contributed by atoms with E-state index in [1.165, 1.54) is 0 Å². The molecular weight excluding hydrogens is 314 g/mol. The number of halogens is 2. The zero-order chi connectivity index (χ0) is 17.7. The number of aromatic hydroxyl groups is 1. The first kappa shape index (κ1) is 17.9. The van der Waals surface area contributed by atoms with Gasteiger partial charge in [-0.15, -0.1) is 0 Å². The maximum absolute atomic E-state index is 13.4. The average molecular weight is 334 g/mol. The number of amides is 1. The molecule has 0 spiro atoms. The first-order valence-electron chi connectivity index (χ1n) is 7.75. The van der Waals surface area contributed by atoms with Gasteiger partial charge in [0.05, 0.1) is 0 Å². The molecule has 0 bridgehead atoms. The topological polar surface area (TPSA) is 52.6 Å². The summed E-state index contributed by atoms with van der Waals surface area (Å²) in [4.78, 5) is 14.5. The molecule has 0 saturated heterocycles. The van der Waals surface area contributed by atoms with Crippen LogP contribution in [0.15, 0.2) is 36.4 Å². The monoisotopic (exact) mass is 334 g/mol. The molecule has 2 N–H and O–H groups in total. The highest BCUT2D eigenvalue weighted by molar-refractivity contribution is 6.04. The molecule has 2 rings (SSSR count). The Bertz CT molecular complexity index is 708. The van der Waals surface area contributed by atoms with Gasteiger partial charge in [-0.1, -0.05) is 32.0 Å². The van der Waals surface area contributed by atoms with E-state index in [4.69, 9.17) is 5.11 Å². The van der Waals surface area contributed by atoms with E-state index in [-0.39, 0.29) is 5.56 Å². The van der Waals surface area contributed by atoms with E-state index in [1.54, 1.807) is 12.1 Å². The van der Waals surface area contributed by atoms with Gasteiger partial charge in [-0.05, 0) is 36.9 Å². The van der Waals surface area contributed by atoms with Crippen molar-refractivity contribution in [3.63, 3.8) is 0 Å². The van der Waals surface area contributed by atoms with Crippen molar-refractivity contribution in [3.8, 4) is 5.75 Å². The second kappa shape index (κ2) is 7.88. The highest BCUT2D eigenvalue weighted by Crippen LogP contribution is 2.23. The van der Waals surface area contributed by atoms with E-state index in [0.29, 0.717) is 12.2 Å². The molecule has 0 aliphatic carbocycles. The summed E-state index contributed by atoms with van der Waals surface area (Å²) >= 11 is 0. The molecule has 0 aromatic heterocycles. The summed E-state index contributed by atoms with van der Waals surface area (Å²) < 4.78 is 26.8. The van der Waals surface area contributed by atoms with E-state index < -0.39 is 23.3 Å². The number of hydrogen-bond donors (Lipinski definition) is 2. The molecular formula is C18H20F2N2O2. The number of benzene rings is 2. The molecule has 0 aliphatic rings. The quantitative estimate of drug-likeness (QED) is 0.846. The standard InChI is InChI=1S/C18H20F2N2O2/c1-3-22(4-2)11-12-7-5-6-8-16(12)21-18(24)13-9-14(19)17(23)15(20)10-13/h5-10,23H,3-4,11H2,1-2H3,(H,21,24). The minimum atomic E-state index is -1.17. The molecule has 0 saturated carbocycles. The van der Waals surface area contributed by atoms with E-state index in [1.807, 2.05) is 26.0 Å². The van der Waals surface area contributed by atoms with Crippen molar-refractivity contribution >= 4 is 11.6 Å². The second-order valence-corrected chi connectivity index (χ2v) is 5.36. The number of hydrogen-bond acceptors (Lipinski definition) is 3. The Morgan fingerprint density at radius 3 is 2.29 bits per heavy atom. The number of carbonyl (C=O) groups is 1. The van der Waals surface area contributed by atoms with Gasteiger partial charge in [0.1, 0.15) is 0 Å². The Hall–Kier alpha value is -2.47. The van der Waals surface area contributed by atoms with Crippen LogP contribution >= 0.6 is 0 Å². The zero-order valence-electron chi connectivity index (χ0n) is 13.6. The summed E-state index contributed by atoms with van der Waals surface area (Å²) in [5, 5.41) is 11.8. The van der Waals surface area contributed by atoms with Crippen LogP contribution in [0.1, 0.15) is 29.8 Å². The molecule has 0 fully saturated rings. The lowest BCUT2D eigenvalue weighted by atomic mass is 10.1. The van der Waals surface area contributed by atoms with Crippen molar-refractivity contribution in [2.75, 3.05) is 18.4 Å². The van der Waals surface area contributed by atoms with Gasteiger partial charge in [0, 0.05) is 17.8 Å². The molecule has 6 heteroatoms. The first-order valence-corrected chi connectivity index (χ1v) is 7.75. The normalized spacial score (nSPS) is 10.9. The van der Waals surface area contributed by atoms with Crippen LogP contribution in [0.25, 0.3) is 0 Å². The molecule has 2 aromatic carbocycles. The first-order chi connectivity index (χ1) is 11.5. The number of para-hydroxylation sites is 1. The van der Waals surface area contributed by atoms with Gasteiger partial charge in [0.2, 0.25) is 0 Å². The SMILES string of the molecule is CCN(CC)Cc1ccccc1NC(=O)c1cc(F)c(O)c(F)c1. The Morgan fingerprint density at radius 1 is 1.12 bits per heavy atom. The molecule has 0 heterocycles. The highest BCUT2D eigenvalue weighted by Gasteiger charge is 2.16. The molecule has 0 aliphatic heterocycles. The summed E-state index contributed by atoms with van der Waals surface area (Å²) in [5.74, 6) is -4.07. The third kappa shape index (κ3) is 4.08. The smallest absolute Gasteiger partial charge is 0.255 e. The third-order valence-corrected chi connectivity index (χ3v) is 3.83. The lowest BCUT2D eigenvalue weighted by Crippen LogP contribution is -2.23. The largest absolute Gasteiger partial charge is 0.503 e. The number of anilines is 1. The van der Waals surface area contributed by atoms with E-state index in [0.717, 1.165) is 30.8 Å². The van der Waals surface area contributed by atoms with Crippen LogP contribution in [0.4, 0.5) is 14.5 Å². The van der Waals surface area contributed by atoms with E-state index in [9.17, 15) is 13.6 Å². The number of rotatable bonds is 6. The van der Waals surface area contributed by atoms with Gasteiger partial charge in [-0.3, -0.25) is 9.69 Å². The van der Waals surface area contributed by atoms with Crippen LogP contribution in [-0.2, 0) is 6.54 Å². The number of nitrogens with zero attached hydrogens (tertiary/aromatic N) is 1. The number of nitrogens with one attached hydrogen (secondary N) is 1. The fraction of sp³-hybridized carbons (Fsp3) is 0.278. The number of phenols is 1. The van der Waals surface area contributed by atoms with Crippen LogP contribution < -0.4 is 5.32 Å². The van der Waals surface area contributed by atoms with Crippen molar-refractivity contribution in [2.24, 2.45) is 0 Å². The summed E-state index contributed by atoms with van der Waals surface area (Å²) in [6.45, 7) is 6.49. The van der Waals surface area contributed by atoms with Gasteiger partial charge >= 0.3 is 0 Å². The Morgan fingerprint density at radius 2 is 1.71 bits per heavy atom. The van der Waals surface area contributed by atoms with E-state index >= 15 is 0 Å². The molecule has 128 valence electrons.